The Bertz CT molecular complexity index is 242. The fourth-order valence-electron chi connectivity index (χ4n) is 2.43. The van der Waals surface area contributed by atoms with E-state index in [1.807, 2.05) is 0 Å². The lowest BCUT2D eigenvalue weighted by Gasteiger charge is -2.24. The van der Waals surface area contributed by atoms with Crippen LogP contribution in [0.4, 0.5) is 0 Å². The molecular weight excluding hydrogens is 250 g/mol. The molecule has 0 aliphatic carbocycles. The molecule has 3 N–H and O–H groups in total. The van der Waals surface area contributed by atoms with E-state index in [1.54, 1.807) is 0 Å². The molecule has 20 heavy (non-hydrogen) atoms. The van der Waals surface area contributed by atoms with Crippen molar-refractivity contribution in [3.05, 3.63) is 0 Å². The maximum atomic E-state index is 8.59. The molecule has 0 aliphatic rings. The van der Waals surface area contributed by atoms with E-state index in [-0.39, 0.29) is 0 Å². The number of hydrogen-bond acceptors (Lipinski definition) is 3. The van der Waals surface area contributed by atoms with Gasteiger partial charge in [0.25, 0.3) is 0 Å². The first-order valence-electron chi connectivity index (χ1n) is 8.28. The minimum atomic E-state index is 0.332. The third kappa shape index (κ3) is 12.3. The Morgan fingerprint density at radius 1 is 1.05 bits per heavy atom. The zero-order chi connectivity index (χ0) is 15.2. The third-order valence-corrected chi connectivity index (χ3v) is 3.51. The van der Waals surface area contributed by atoms with Crippen LogP contribution in [0.25, 0.3) is 0 Å². The smallest absolute Gasteiger partial charge is 0.140 e. The van der Waals surface area contributed by atoms with Crippen LogP contribution in [0, 0.1) is 5.92 Å². The number of rotatable bonds is 13. The molecule has 0 bridgehead atoms. The first-order valence-corrected chi connectivity index (χ1v) is 8.28. The lowest BCUT2D eigenvalue weighted by Crippen LogP contribution is -2.32. The minimum absolute atomic E-state index is 0.332. The first kappa shape index (κ1) is 19.2. The summed E-state index contributed by atoms with van der Waals surface area (Å²) in [6.45, 7) is 9.84. The average Bonchev–Trinajstić information content (AvgIpc) is 2.42. The van der Waals surface area contributed by atoms with Crippen LogP contribution in [0.5, 0.6) is 0 Å². The molecule has 120 valence electrons. The van der Waals surface area contributed by atoms with Gasteiger partial charge in [0.15, 0.2) is 0 Å². The molecule has 0 saturated carbocycles. The van der Waals surface area contributed by atoms with E-state index in [0.717, 1.165) is 19.6 Å². The Hall–Kier alpha value is -0.770. The maximum Gasteiger partial charge on any atom is 0.140 e. The summed E-state index contributed by atoms with van der Waals surface area (Å²) in [5.74, 6) is 0.991. The average molecular weight is 285 g/mol. The van der Waals surface area contributed by atoms with Crippen molar-refractivity contribution >= 4 is 5.84 Å². The second-order valence-corrected chi connectivity index (χ2v) is 6.16. The fourth-order valence-corrected chi connectivity index (χ4v) is 2.43. The van der Waals surface area contributed by atoms with Crippen molar-refractivity contribution in [3.8, 4) is 0 Å². The molecule has 0 unspecified atom stereocenters. The molecule has 0 aromatic carbocycles. The van der Waals surface area contributed by atoms with E-state index in [2.05, 4.69) is 30.8 Å². The Morgan fingerprint density at radius 2 is 1.65 bits per heavy atom. The quantitative estimate of drug-likeness (QED) is 0.178. The van der Waals surface area contributed by atoms with Crippen LogP contribution < -0.4 is 5.73 Å². The van der Waals surface area contributed by atoms with E-state index < -0.39 is 0 Å². The van der Waals surface area contributed by atoms with Gasteiger partial charge in [-0.25, -0.2) is 0 Å². The molecule has 0 spiro atoms. The summed E-state index contributed by atoms with van der Waals surface area (Å²) >= 11 is 0. The summed E-state index contributed by atoms with van der Waals surface area (Å²) in [4.78, 5) is 2.44. The second-order valence-electron chi connectivity index (χ2n) is 6.16. The van der Waals surface area contributed by atoms with Crippen molar-refractivity contribution in [3.63, 3.8) is 0 Å². The van der Waals surface area contributed by atoms with Crippen LogP contribution in [0.15, 0.2) is 5.16 Å². The minimum Gasteiger partial charge on any atom is -0.409 e. The topological polar surface area (TPSA) is 61.8 Å². The number of oxime groups is 1. The van der Waals surface area contributed by atoms with Gasteiger partial charge in [0.1, 0.15) is 5.84 Å². The Balaban J connectivity index is 3.75. The van der Waals surface area contributed by atoms with Crippen LogP contribution >= 0.6 is 0 Å². The second kappa shape index (κ2) is 13.2. The van der Waals surface area contributed by atoms with Gasteiger partial charge in [0.2, 0.25) is 0 Å². The van der Waals surface area contributed by atoms with Crippen molar-refractivity contribution in [2.75, 3.05) is 19.6 Å². The van der Waals surface area contributed by atoms with Gasteiger partial charge >= 0.3 is 0 Å². The van der Waals surface area contributed by atoms with Gasteiger partial charge in [-0.2, -0.15) is 0 Å². The van der Waals surface area contributed by atoms with Crippen LogP contribution in [0.1, 0.15) is 72.1 Å². The van der Waals surface area contributed by atoms with E-state index in [4.69, 9.17) is 10.9 Å². The lowest BCUT2D eigenvalue weighted by atomic mass is 10.1. The highest BCUT2D eigenvalue weighted by Crippen LogP contribution is 2.09. The fraction of sp³-hybridized carbons (Fsp3) is 0.938. The molecule has 0 aromatic rings. The SMILES string of the molecule is CCCCCCCCCN(CCC(N)=NO)CC(C)C. The summed E-state index contributed by atoms with van der Waals surface area (Å²) in [6, 6.07) is 0. The van der Waals surface area contributed by atoms with Crippen LogP contribution in [0.2, 0.25) is 0 Å². The normalized spacial score (nSPS) is 12.6. The highest BCUT2D eigenvalue weighted by molar-refractivity contribution is 5.79. The Labute approximate surface area is 125 Å². The zero-order valence-electron chi connectivity index (χ0n) is 13.8. The van der Waals surface area contributed by atoms with Crippen LogP contribution in [-0.2, 0) is 0 Å². The van der Waals surface area contributed by atoms with Gasteiger partial charge < -0.3 is 15.8 Å². The molecule has 0 aromatic heterocycles. The lowest BCUT2D eigenvalue weighted by molar-refractivity contribution is 0.243. The van der Waals surface area contributed by atoms with Crippen LogP contribution in [0.3, 0.4) is 0 Å². The van der Waals surface area contributed by atoms with Gasteiger partial charge in [-0.1, -0.05) is 64.5 Å². The number of amidine groups is 1. The maximum absolute atomic E-state index is 8.59. The molecule has 0 radical (unpaired) electrons. The van der Waals surface area contributed by atoms with E-state index in [9.17, 15) is 0 Å². The predicted molar refractivity (Wildman–Crippen MR) is 87.3 cm³/mol. The summed E-state index contributed by atoms with van der Waals surface area (Å²) in [7, 11) is 0. The van der Waals surface area contributed by atoms with Crippen molar-refractivity contribution < 1.29 is 5.21 Å². The number of nitrogens with zero attached hydrogens (tertiary/aromatic N) is 2. The standard InChI is InChI=1S/C16H35N3O/c1-4-5-6-7-8-9-10-12-19(14-15(2)3)13-11-16(17)18-20/h15,20H,4-14H2,1-3H3,(H2,17,18). The molecule has 0 atom stereocenters. The predicted octanol–water partition coefficient (Wildman–Crippen LogP) is 3.83. The summed E-state index contributed by atoms with van der Waals surface area (Å²) < 4.78 is 0. The van der Waals surface area contributed by atoms with E-state index in [0.29, 0.717) is 18.2 Å². The van der Waals surface area contributed by atoms with E-state index in [1.165, 1.54) is 44.9 Å². The van der Waals surface area contributed by atoms with Gasteiger partial charge in [-0.3, -0.25) is 0 Å². The number of nitrogens with two attached hydrogens (primary N) is 1. The van der Waals surface area contributed by atoms with Gasteiger partial charge in [0, 0.05) is 19.5 Å². The molecule has 0 rings (SSSR count). The van der Waals surface area contributed by atoms with E-state index >= 15 is 0 Å². The molecule has 4 nitrogen and oxygen atoms in total. The van der Waals surface area contributed by atoms with Gasteiger partial charge in [-0.15, -0.1) is 0 Å². The number of hydrogen-bond donors (Lipinski definition) is 2. The van der Waals surface area contributed by atoms with Crippen LogP contribution in [-0.4, -0.2) is 35.6 Å². The number of unbranched alkanes of at least 4 members (excludes halogenated alkanes) is 6. The molecule has 0 fully saturated rings. The molecule has 0 amide bonds. The van der Waals surface area contributed by atoms with Crippen molar-refractivity contribution in [2.24, 2.45) is 16.8 Å². The zero-order valence-corrected chi connectivity index (χ0v) is 13.8. The molecular formula is C16H35N3O. The van der Waals surface area contributed by atoms with Crippen molar-refractivity contribution in [1.29, 1.82) is 0 Å². The van der Waals surface area contributed by atoms with Gasteiger partial charge in [-0.05, 0) is 18.9 Å². The third-order valence-electron chi connectivity index (χ3n) is 3.51. The summed E-state index contributed by atoms with van der Waals surface area (Å²) in [5.41, 5.74) is 5.55. The van der Waals surface area contributed by atoms with Crippen molar-refractivity contribution in [1.82, 2.24) is 4.90 Å². The van der Waals surface area contributed by atoms with Gasteiger partial charge in [0.05, 0.1) is 0 Å². The molecule has 0 heterocycles. The summed E-state index contributed by atoms with van der Waals surface area (Å²) in [5, 5.41) is 11.6. The first-order chi connectivity index (χ1) is 9.60. The Morgan fingerprint density at radius 3 is 2.20 bits per heavy atom. The van der Waals surface area contributed by atoms with Crippen molar-refractivity contribution in [2.45, 2.75) is 72.1 Å². The highest BCUT2D eigenvalue weighted by atomic mass is 16.4. The largest absolute Gasteiger partial charge is 0.409 e. The monoisotopic (exact) mass is 285 g/mol. The molecule has 0 aliphatic heterocycles. The molecule has 4 heteroatoms. The highest BCUT2D eigenvalue weighted by Gasteiger charge is 2.08. The Kier molecular flexibility index (Phi) is 12.7. The summed E-state index contributed by atoms with van der Waals surface area (Å²) in [6.07, 6.45) is 10.0. The molecule has 0 saturated heterocycles.